The summed E-state index contributed by atoms with van der Waals surface area (Å²) in [6.07, 6.45) is 0.676. The minimum Gasteiger partial charge on any atom is -0.508 e. The van der Waals surface area contributed by atoms with Crippen molar-refractivity contribution in [2.75, 3.05) is 7.11 Å². The molecule has 1 aromatic rings. The van der Waals surface area contributed by atoms with Gasteiger partial charge in [-0.1, -0.05) is 19.1 Å². The molecule has 17 heavy (non-hydrogen) atoms. The van der Waals surface area contributed by atoms with Crippen molar-refractivity contribution in [1.29, 1.82) is 0 Å². The average Bonchev–Trinajstić information content (AvgIpc) is 2.35. The Morgan fingerprint density at radius 2 is 2.00 bits per heavy atom. The molecule has 0 amide bonds. The number of hydrogen-bond acceptors (Lipinski definition) is 4. The lowest BCUT2D eigenvalue weighted by Crippen LogP contribution is -2.38. The summed E-state index contributed by atoms with van der Waals surface area (Å²) in [6, 6.07) is 6.65. The minimum atomic E-state index is -0.302. The molecular weight excluding hydrogens is 218 g/mol. The van der Waals surface area contributed by atoms with Crippen molar-refractivity contribution in [2.45, 2.75) is 32.4 Å². The molecule has 0 radical (unpaired) electrons. The van der Waals surface area contributed by atoms with E-state index >= 15 is 0 Å². The molecule has 4 nitrogen and oxygen atoms in total. The molecule has 0 heterocycles. The van der Waals surface area contributed by atoms with E-state index in [0.717, 1.165) is 5.56 Å². The van der Waals surface area contributed by atoms with Gasteiger partial charge < -0.3 is 9.84 Å². The van der Waals surface area contributed by atoms with E-state index in [9.17, 15) is 9.90 Å². The number of benzene rings is 1. The SMILES string of the molecule is CCC(NC(C)c1ccc(O)cc1)C(=O)OC. The number of carbonyl (C=O) groups excluding carboxylic acids is 1. The molecule has 94 valence electrons. The Labute approximate surface area is 102 Å². The Balaban J connectivity index is 2.67. The van der Waals surface area contributed by atoms with E-state index in [0.29, 0.717) is 6.42 Å². The zero-order valence-electron chi connectivity index (χ0n) is 10.4. The van der Waals surface area contributed by atoms with Gasteiger partial charge in [0, 0.05) is 6.04 Å². The summed E-state index contributed by atoms with van der Waals surface area (Å²) in [5.74, 6) is -0.0147. The van der Waals surface area contributed by atoms with E-state index in [-0.39, 0.29) is 23.8 Å². The van der Waals surface area contributed by atoms with E-state index < -0.39 is 0 Å². The molecule has 2 N–H and O–H groups in total. The summed E-state index contributed by atoms with van der Waals surface area (Å²) in [4.78, 5) is 11.4. The van der Waals surface area contributed by atoms with Gasteiger partial charge in [-0.2, -0.15) is 0 Å². The molecule has 0 saturated carbocycles. The highest BCUT2D eigenvalue weighted by Crippen LogP contribution is 2.17. The smallest absolute Gasteiger partial charge is 0.322 e. The van der Waals surface area contributed by atoms with Crippen molar-refractivity contribution in [2.24, 2.45) is 0 Å². The van der Waals surface area contributed by atoms with Crippen molar-refractivity contribution < 1.29 is 14.6 Å². The van der Waals surface area contributed by atoms with Gasteiger partial charge in [0.2, 0.25) is 0 Å². The normalized spacial score (nSPS) is 14.1. The maximum atomic E-state index is 11.4. The van der Waals surface area contributed by atoms with Gasteiger partial charge in [-0.25, -0.2) is 0 Å². The van der Waals surface area contributed by atoms with Crippen LogP contribution < -0.4 is 5.32 Å². The number of ether oxygens (including phenoxy) is 1. The van der Waals surface area contributed by atoms with Crippen LogP contribution in [0.4, 0.5) is 0 Å². The predicted octanol–water partition coefficient (Wildman–Crippen LogP) is 1.99. The molecule has 0 aliphatic heterocycles. The first kappa shape index (κ1) is 13.5. The van der Waals surface area contributed by atoms with Crippen LogP contribution >= 0.6 is 0 Å². The van der Waals surface area contributed by atoms with Gasteiger partial charge in [0.25, 0.3) is 0 Å². The molecule has 0 bridgehead atoms. The number of hydrogen-bond donors (Lipinski definition) is 2. The van der Waals surface area contributed by atoms with E-state index in [1.165, 1.54) is 7.11 Å². The van der Waals surface area contributed by atoms with E-state index in [1.54, 1.807) is 12.1 Å². The van der Waals surface area contributed by atoms with Crippen LogP contribution in [0.15, 0.2) is 24.3 Å². The zero-order valence-corrected chi connectivity index (χ0v) is 10.4. The molecule has 0 fully saturated rings. The van der Waals surface area contributed by atoms with Gasteiger partial charge in [-0.3, -0.25) is 10.1 Å². The van der Waals surface area contributed by atoms with Gasteiger partial charge >= 0.3 is 5.97 Å². The number of phenolic OH excluding ortho intramolecular Hbond substituents is 1. The van der Waals surface area contributed by atoms with Crippen molar-refractivity contribution in [3.8, 4) is 5.75 Å². The molecular formula is C13H19NO3. The number of phenols is 1. The molecule has 1 aromatic carbocycles. The van der Waals surface area contributed by atoms with Gasteiger partial charge in [-0.05, 0) is 31.0 Å². The third-order valence-electron chi connectivity index (χ3n) is 2.74. The lowest BCUT2D eigenvalue weighted by Gasteiger charge is -2.20. The van der Waals surface area contributed by atoms with Crippen LogP contribution in [0.2, 0.25) is 0 Å². The fourth-order valence-electron chi connectivity index (χ4n) is 1.66. The summed E-state index contributed by atoms with van der Waals surface area (Å²) in [5.41, 5.74) is 1.02. The summed E-state index contributed by atoms with van der Waals surface area (Å²) < 4.78 is 4.72. The first-order chi connectivity index (χ1) is 8.08. The van der Waals surface area contributed by atoms with Gasteiger partial charge in [0.15, 0.2) is 0 Å². The second-order valence-electron chi connectivity index (χ2n) is 3.96. The molecule has 0 aliphatic rings. The van der Waals surface area contributed by atoms with Crippen LogP contribution in [0.25, 0.3) is 0 Å². The summed E-state index contributed by atoms with van der Waals surface area (Å²) >= 11 is 0. The Bertz CT molecular complexity index is 361. The molecule has 0 saturated heterocycles. The fourth-order valence-corrected chi connectivity index (χ4v) is 1.66. The average molecular weight is 237 g/mol. The third-order valence-corrected chi connectivity index (χ3v) is 2.74. The van der Waals surface area contributed by atoms with Crippen molar-refractivity contribution in [3.63, 3.8) is 0 Å². The summed E-state index contributed by atoms with van der Waals surface area (Å²) in [6.45, 7) is 3.90. The molecule has 2 unspecified atom stereocenters. The maximum Gasteiger partial charge on any atom is 0.322 e. The highest BCUT2D eigenvalue weighted by atomic mass is 16.5. The number of methoxy groups -OCH3 is 1. The summed E-state index contributed by atoms with van der Waals surface area (Å²) in [7, 11) is 1.39. The van der Waals surface area contributed by atoms with Crippen molar-refractivity contribution in [1.82, 2.24) is 5.32 Å². The molecule has 0 aromatic heterocycles. The van der Waals surface area contributed by atoms with Crippen LogP contribution in [-0.2, 0) is 9.53 Å². The van der Waals surface area contributed by atoms with Crippen LogP contribution in [-0.4, -0.2) is 24.2 Å². The lowest BCUT2D eigenvalue weighted by molar-refractivity contribution is -0.143. The monoisotopic (exact) mass is 237 g/mol. The number of carbonyl (C=O) groups is 1. The first-order valence-electron chi connectivity index (χ1n) is 5.71. The van der Waals surface area contributed by atoms with Crippen molar-refractivity contribution >= 4 is 5.97 Å². The highest BCUT2D eigenvalue weighted by Gasteiger charge is 2.19. The minimum absolute atomic E-state index is 0.0275. The lowest BCUT2D eigenvalue weighted by atomic mass is 10.1. The zero-order chi connectivity index (χ0) is 12.8. The van der Waals surface area contributed by atoms with Crippen LogP contribution in [0.1, 0.15) is 31.9 Å². The highest BCUT2D eigenvalue weighted by molar-refractivity contribution is 5.75. The third kappa shape index (κ3) is 3.75. The molecule has 1 rings (SSSR count). The van der Waals surface area contributed by atoms with Gasteiger partial charge in [0.1, 0.15) is 11.8 Å². The Kier molecular flexibility index (Phi) is 4.97. The van der Waals surface area contributed by atoms with Crippen molar-refractivity contribution in [3.05, 3.63) is 29.8 Å². The number of esters is 1. The second kappa shape index (κ2) is 6.25. The number of nitrogens with one attached hydrogen (secondary N) is 1. The van der Waals surface area contributed by atoms with E-state index in [2.05, 4.69) is 5.32 Å². The van der Waals surface area contributed by atoms with Crippen LogP contribution in [0.5, 0.6) is 5.75 Å². The Morgan fingerprint density at radius 3 is 2.47 bits per heavy atom. The summed E-state index contributed by atoms with van der Waals surface area (Å²) in [5, 5.41) is 12.4. The van der Waals surface area contributed by atoms with Gasteiger partial charge in [-0.15, -0.1) is 0 Å². The largest absolute Gasteiger partial charge is 0.508 e. The molecule has 2 atom stereocenters. The molecule has 4 heteroatoms. The van der Waals surface area contributed by atoms with Gasteiger partial charge in [0.05, 0.1) is 7.11 Å². The maximum absolute atomic E-state index is 11.4. The standard InChI is InChI=1S/C13H19NO3/c1-4-12(13(16)17-3)14-9(2)10-5-7-11(15)8-6-10/h5-9,12,14-15H,4H2,1-3H3. The van der Waals surface area contributed by atoms with Crippen LogP contribution in [0, 0.1) is 0 Å². The topological polar surface area (TPSA) is 58.6 Å². The Hall–Kier alpha value is -1.55. The molecule has 0 aliphatic carbocycles. The quantitative estimate of drug-likeness (QED) is 0.769. The van der Waals surface area contributed by atoms with E-state index in [1.807, 2.05) is 26.0 Å². The van der Waals surface area contributed by atoms with Crippen LogP contribution in [0.3, 0.4) is 0 Å². The predicted molar refractivity (Wildman–Crippen MR) is 65.8 cm³/mol. The Morgan fingerprint density at radius 1 is 1.41 bits per heavy atom. The number of aromatic hydroxyl groups is 1. The second-order valence-corrected chi connectivity index (χ2v) is 3.96. The fraction of sp³-hybridized carbons (Fsp3) is 0.462. The first-order valence-corrected chi connectivity index (χ1v) is 5.71. The molecule has 0 spiro atoms. The van der Waals surface area contributed by atoms with E-state index in [4.69, 9.17) is 4.74 Å². The number of rotatable bonds is 5.